The lowest BCUT2D eigenvalue weighted by molar-refractivity contribution is 0.369. The van der Waals surface area contributed by atoms with Gasteiger partial charge in [-0.2, -0.15) is 10.5 Å². The molecule has 25 heavy (non-hydrogen) atoms. The number of methoxy groups -OCH3 is 1. The summed E-state index contributed by atoms with van der Waals surface area (Å²) in [6.45, 7) is 0. The highest BCUT2D eigenvalue weighted by Crippen LogP contribution is 2.26. The molecule has 0 saturated heterocycles. The molecule has 120 valence electrons. The van der Waals surface area contributed by atoms with Crippen molar-refractivity contribution in [2.24, 2.45) is 0 Å². The lowest BCUT2D eigenvalue weighted by Gasteiger charge is -2.08. The molecule has 0 aliphatic rings. The Morgan fingerprint density at radius 2 is 1.88 bits per heavy atom. The van der Waals surface area contributed by atoms with Crippen molar-refractivity contribution in [1.82, 2.24) is 9.97 Å². The number of benzene rings is 1. The number of ether oxygens (including phenoxy) is 1. The minimum Gasteiger partial charge on any atom is -0.494 e. The van der Waals surface area contributed by atoms with Crippen LogP contribution in [0.3, 0.4) is 0 Å². The van der Waals surface area contributed by atoms with E-state index in [1.807, 2.05) is 12.1 Å². The van der Waals surface area contributed by atoms with E-state index in [2.05, 4.69) is 9.97 Å². The SMILES string of the molecule is COC(=C(C#N)C#N)c1ccc2ccc(-c3ncccc3F)nc2c1. The molecule has 3 rings (SSSR count). The van der Waals surface area contributed by atoms with Gasteiger partial charge in [0, 0.05) is 17.1 Å². The van der Waals surface area contributed by atoms with E-state index in [1.165, 1.54) is 25.4 Å². The number of nitrogens with zero attached hydrogens (tertiary/aromatic N) is 4. The third-order valence-corrected chi connectivity index (χ3v) is 3.61. The average molecular weight is 330 g/mol. The maximum absolute atomic E-state index is 13.9. The van der Waals surface area contributed by atoms with Crippen LogP contribution in [0.15, 0.2) is 54.2 Å². The van der Waals surface area contributed by atoms with Crippen LogP contribution < -0.4 is 0 Å². The molecule has 2 aromatic heterocycles. The van der Waals surface area contributed by atoms with Crippen molar-refractivity contribution in [3.63, 3.8) is 0 Å². The highest BCUT2D eigenvalue weighted by Gasteiger charge is 2.12. The molecule has 0 fully saturated rings. The number of rotatable bonds is 3. The Kier molecular flexibility index (Phi) is 4.36. The highest BCUT2D eigenvalue weighted by atomic mass is 19.1. The molecule has 0 aliphatic heterocycles. The summed E-state index contributed by atoms with van der Waals surface area (Å²) < 4.78 is 19.1. The zero-order chi connectivity index (χ0) is 17.8. The van der Waals surface area contributed by atoms with Crippen LogP contribution in [-0.4, -0.2) is 17.1 Å². The Labute approximate surface area is 143 Å². The molecule has 0 N–H and O–H groups in total. The van der Waals surface area contributed by atoms with Gasteiger partial charge in [-0.15, -0.1) is 0 Å². The third-order valence-electron chi connectivity index (χ3n) is 3.61. The third kappa shape index (κ3) is 3.01. The number of nitriles is 2. The summed E-state index contributed by atoms with van der Waals surface area (Å²) in [5, 5.41) is 18.9. The number of halogens is 1. The second kappa shape index (κ2) is 6.77. The monoisotopic (exact) mass is 330 g/mol. The van der Waals surface area contributed by atoms with Crippen molar-refractivity contribution in [3.05, 3.63) is 65.6 Å². The molecule has 3 aromatic rings. The zero-order valence-corrected chi connectivity index (χ0v) is 13.2. The summed E-state index contributed by atoms with van der Waals surface area (Å²) in [5.41, 5.74) is 1.54. The quantitative estimate of drug-likeness (QED) is 0.538. The summed E-state index contributed by atoms with van der Waals surface area (Å²) in [6, 6.07) is 15.2. The van der Waals surface area contributed by atoms with Gasteiger partial charge in [0.05, 0.1) is 18.3 Å². The Morgan fingerprint density at radius 3 is 2.56 bits per heavy atom. The topological polar surface area (TPSA) is 82.6 Å². The number of hydrogen-bond donors (Lipinski definition) is 0. The fourth-order valence-corrected chi connectivity index (χ4v) is 2.46. The predicted octanol–water partition coefficient (Wildman–Crippen LogP) is 3.84. The van der Waals surface area contributed by atoms with E-state index in [-0.39, 0.29) is 17.0 Å². The lowest BCUT2D eigenvalue weighted by Crippen LogP contribution is -1.95. The first-order valence-corrected chi connectivity index (χ1v) is 7.28. The standard InChI is InChI=1S/C19H11FN4O/c1-25-19(14(10-21)11-22)13-5-4-12-6-7-16(24-17(12)9-13)18-15(20)3-2-8-23-18/h2-9H,1H3. The molecule has 0 amide bonds. The summed E-state index contributed by atoms with van der Waals surface area (Å²) in [4.78, 5) is 8.47. The molecule has 5 nitrogen and oxygen atoms in total. The van der Waals surface area contributed by atoms with Gasteiger partial charge < -0.3 is 4.74 Å². The van der Waals surface area contributed by atoms with E-state index in [1.54, 1.807) is 30.3 Å². The van der Waals surface area contributed by atoms with Gasteiger partial charge in [-0.1, -0.05) is 18.2 Å². The Balaban J connectivity index is 2.18. The van der Waals surface area contributed by atoms with Crippen LogP contribution in [0, 0.1) is 28.5 Å². The summed E-state index contributed by atoms with van der Waals surface area (Å²) in [5.74, 6) is -0.289. The van der Waals surface area contributed by atoms with E-state index < -0.39 is 5.82 Å². The Bertz CT molecular complexity index is 1060. The fourth-order valence-electron chi connectivity index (χ4n) is 2.46. The molecule has 1 aromatic carbocycles. The molecular formula is C19H11FN4O. The van der Waals surface area contributed by atoms with Gasteiger partial charge in [-0.05, 0) is 24.3 Å². The van der Waals surface area contributed by atoms with Gasteiger partial charge in [0.15, 0.2) is 17.1 Å². The summed E-state index contributed by atoms with van der Waals surface area (Å²) in [6.07, 6.45) is 1.50. The van der Waals surface area contributed by atoms with Crippen LogP contribution in [0.5, 0.6) is 0 Å². The highest BCUT2D eigenvalue weighted by molar-refractivity contribution is 5.85. The zero-order valence-electron chi connectivity index (χ0n) is 13.2. The predicted molar refractivity (Wildman–Crippen MR) is 90.1 cm³/mol. The van der Waals surface area contributed by atoms with E-state index in [0.717, 1.165) is 5.39 Å². The van der Waals surface area contributed by atoms with Crippen molar-refractivity contribution < 1.29 is 9.13 Å². The molecule has 0 bridgehead atoms. The number of hydrogen-bond acceptors (Lipinski definition) is 5. The first-order chi connectivity index (χ1) is 12.2. The molecule has 0 unspecified atom stereocenters. The van der Waals surface area contributed by atoms with Gasteiger partial charge in [-0.3, -0.25) is 4.98 Å². The number of aromatic nitrogens is 2. The van der Waals surface area contributed by atoms with Crippen LogP contribution in [0.1, 0.15) is 5.56 Å². The van der Waals surface area contributed by atoms with Crippen LogP contribution in [0.2, 0.25) is 0 Å². The van der Waals surface area contributed by atoms with Gasteiger partial charge in [0.25, 0.3) is 0 Å². The molecule has 0 atom stereocenters. The minimum absolute atomic E-state index is 0.131. The summed E-state index contributed by atoms with van der Waals surface area (Å²) in [7, 11) is 1.39. The second-order valence-corrected chi connectivity index (χ2v) is 5.07. The van der Waals surface area contributed by atoms with E-state index in [4.69, 9.17) is 15.3 Å². The number of pyridine rings is 2. The molecular weight excluding hydrogens is 319 g/mol. The van der Waals surface area contributed by atoms with E-state index in [0.29, 0.717) is 16.8 Å². The average Bonchev–Trinajstić information content (AvgIpc) is 2.65. The van der Waals surface area contributed by atoms with Crippen LogP contribution in [-0.2, 0) is 4.74 Å². The van der Waals surface area contributed by atoms with Crippen molar-refractivity contribution >= 4 is 16.7 Å². The Hall–Kier alpha value is -3.77. The van der Waals surface area contributed by atoms with Crippen LogP contribution >= 0.6 is 0 Å². The van der Waals surface area contributed by atoms with Gasteiger partial charge in [-0.25, -0.2) is 9.37 Å². The molecule has 0 saturated carbocycles. The number of fused-ring (bicyclic) bond motifs is 1. The van der Waals surface area contributed by atoms with Crippen molar-refractivity contribution in [2.75, 3.05) is 7.11 Å². The van der Waals surface area contributed by atoms with Crippen molar-refractivity contribution in [3.8, 4) is 23.5 Å². The van der Waals surface area contributed by atoms with Gasteiger partial charge in [0.2, 0.25) is 0 Å². The van der Waals surface area contributed by atoms with Crippen molar-refractivity contribution in [1.29, 1.82) is 10.5 Å². The largest absolute Gasteiger partial charge is 0.494 e. The van der Waals surface area contributed by atoms with Crippen LogP contribution in [0.25, 0.3) is 28.0 Å². The number of allylic oxidation sites excluding steroid dienone is 1. The van der Waals surface area contributed by atoms with E-state index in [9.17, 15) is 4.39 Å². The van der Waals surface area contributed by atoms with Gasteiger partial charge in [0.1, 0.15) is 17.8 Å². The summed E-state index contributed by atoms with van der Waals surface area (Å²) >= 11 is 0. The first kappa shape index (κ1) is 16.1. The first-order valence-electron chi connectivity index (χ1n) is 7.28. The molecule has 6 heteroatoms. The molecule has 2 heterocycles. The minimum atomic E-state index is -0.459. The normalized spacial score (nSPS) is 9.92. The maximum Gasteiger partial charge on any atom is 0.172 e. The van der Waals surface area contributed by atoms with Crippen molar-refractivity contribution in [2.45, 2.75) is 0 Å². The van der Waals surface area contributed by atoms with Crippen LogP contribution in [0.4, 0.5) is 4.39 Å². The second-order valence-electron chi connectivity index (χ2n) is 5.07. The molecule has 0 spiro atoms. The molecule has 0 aliphatic carbocycles. The van der Waals surface area contributed by atoms with E-state index >= 15 is 0 Å². The molecule has 0 radical (unpaired) electrons. The maximum atomic E-state index is 13.9. The fraction of sp³-hybridized carbons (Fsp3) is 0.0526. The van der Waals surface area contributed by atoms with Gasteiger partial charge >= 0.3 is 0 Å². The lowest BCUT2D eigenvalue weighted by atomic mass is 10.1. The smallest absolute Gasteiger partial charge is 0.172 e. The Morgan fingerprint density at radius 1 is 1.12 bits per heavy atom.